The molecule has 3 aromatic heterocycles. The molecule has 7 heteroatoms. The summed E-state index contributed by atoms with van der Waals surface area (Å²) in [6, 6.07) is 5.85. The molecule has 0 aliphatic rings. The van der Waals surface area contributed by atoms with Crippen molar-refractivity contribution in [3.8, 4) is 5.75 Å². The normalized spacial score (nSPS) is 10.7. The van der Waals surface area contributed by atoms with Crippen molar-refractivity contribution in [3.63, 3.8) is 0 Å². The molecule has 0 radical (unpaired) electrons. The van der Waals surface area contributed by atoms with Crippen molar-refractivity contribution in [3.05, 3.63) is 75.2 Å². The highest BCUT2D eigenvalue weighted by molar-refractivity contribution is 5.30. The lowest BCUT2D eigenvalue weighted by molar-refractivity contribution is 0.406. The van der Waals surface area contributed by atoms with Crippen LogP contribution >= 0.6 is 0 Å². The fraction of sp³-hybridized carbons (Fsp3) is 0.364. The average molecular weight is 393 g/mol. The van der Waals surface area contributed by atoms with E-state index in [9.17, 15) is 4.79 Å². The summed E-state index contributed by atoms with van der Waals surface area (Å²) in [7, 11) is 1.66. The van der Waals surface area contributed by atoms with Crippen LogP contribution in [-0.4, -0.2) is 33.6 Å². The lowest BCUT2D eigenvalue weighted by atomic mass is 10.1. The van der Waals surface area contributed by atoms with E-state index in [4.69, 9.17) is 4.74 Å². The molecule has 0 saturated heterocycles. The molecule has 0 atom stereocenters. The number of hydrogen-bond donors (Lipinski definition) is 2. The maximum absolute atomic E-state index is 12.4. The Morgan fingerprint density at radius 1 is 1.14 bits per heavy atom. The van der Waals surface area contributed by atoms with Crippen LogP contribution in [0.3, 0.4) is 0 Å². The molecule has 0 bridgehead atoms. The van der Waals surface area contributed by atoms with Gasteiger partial charge in [0.25, 0.3) is 5.56 Å². The Hall–Kier alpha value is -3.22. The fourth-order valence-electron chi connectivity index (χ4n) is 3.08. The van der Waals surface area contributed by atoms with E-state index in [2.05, 4.69) is 31.3 Å². The highest BCUT2D eigenvalue weighted by Gasteiger charge is 2.06. The molecule has 0 saturated carbocycles. The van der Waals surface area contributed by atoms with Crippen LogP contribution in [0.4, 0.5) is 5.95 Å². The van der Waals surface area contributed by atoms with Gasteiger partial charge in [0, 0.05) is 42.8 Å². The van der Waals surface area contributed by atoms with Gasteiger partial charge in [-0.05, 0) is 56.4 Å². The SMILES string of the molecule is COc1cccnc1CCCCNc1ncc(Cc2cnc(C)c(C)c2)c(=O)[nH]1. The summed E-state index contributed by atoms with van der Waals surface area (Å²) in [6.07, 6.45) is 8.48. The van der Waals surface area contributed by atoms with Crippen LogP contribution in [0.25, 0.3) is 0 Å². The fourth-order valence-corrected chi connectivity index (χ4v) is 3.08. The molecule has 0 aromatic carbocycles. The number of nitrogens with zero attached hydrogens (tertiary/aromatic N) is 3. The van der Waals surface area contributed by atoms with Crippen LogP contribution in [0.5, 0.6) is 5.75 Å². The smallest absolute Gasteiger partial charge is 0.255 e. The van der Waals surface area contributed by atoms with Crippen LogP contribution in [0.15, 0.2) is 41.6 Å². The Balaban J connectivity index is 1.49. The van der Waals surface area contributed by atoms with Crippen molar-refractivity contribution < 1.29 is 4.74 Å². The first-order valence-electron chi connectivity index (χ1n) is 9.79. The number of methoxy groups -OCH3 is 1. The molecule has 2 N–H and O–H groups in total. The number of unbranched alkanes of at least 4 members (excludes halogenated alkanes) is 1. The predicted molar refractivity (Wildman–Crippen MR) is 114 cm³/mol. The first-order valence-corrected chi connectivity index (χ1v) is 9.79. The number of hydrogen-bond acceptors (Lipinski definition) is 6. The van der Waals surface area contributed by atoms with Gasteiger partial charge in [0.15, 0.2) is 0 Å². The Labute approximate surface area is 170 Å². The molecule has 0 fully saturated rings. The Bertz CT molecular complexity index is 1020. The number of aromatic amines is 1. The number of pyridine rings is 2. The molecule has 0 amide bonds. The van der Waals surface area contributed by atoms with Crippen LogP contribution < -0.4 is 15.6 Å². The van der Waals surface area contributed by atoms with Gasteiger partial charge in [-0.1, -0.05) is 6.07 Å². The van der Waals surface area contributed by atoms with E-state index in [0.29, 0.717) is 17.9 Å². The summed E-state index contributed by atoms with van der Waals surface area (Å²) in [5, 5.41) is 3.18. The third kappa shape index (κ3) is 5.63. The number of ether oxygens (including phenoxy) is 1. The molecule has 0 spiro atoms. The molecule has 152 valence electrons. The van der Waals surface area contributed by atoms with E-state index in [1.54, 1.807) is 19.5 Å². The maximum Gasteiger partial charge on any atom is 0.255 e. The number of H-pyrrole nitrogens is 1. The number of aryl methyl sites for hydroxylation is 3. The molecular weight excluding hydrogens is 366 g/mol. The molecule has 3 rings (SSSR count). The van der Waals surface area contributed by atoms with Crippen LogP contribution in [0.2, 0.25) is 0 Å². The zero-order chi connectivity index (χ0) is 20.6. The zero-order valence-corrected chi connectivity index (χ0v) is 17.2. The van der Waals surface area contributed by atoms with E-state index in [-0.39, 0.29) is 5.56 Å². The Kier molecular flexibility index (Phi) is 6.94. The third-order valence-corrected chi connectivity index (χ3v) is 4.87. The number of anilines is 1. The summed E-state index contributed by atoms with van der Waals surface area (Å²) < 4.78 is 5.32. The summed E-state index contributed by atoms with van der Waals surface area (Å²) in [6.45, 7) is 4.71. The zero-order valence-electron chi connectivity index (χ0n) is 17.2. The quantitative estimate of drug-likeness (QED) is 0.542. The van der Waals surface area contributed by atoms with Gasteiger partial charge in [0.1, 0.15) is 5.75 Å². The van der Waals surface area contributed by atoms with Crippen molar-refractivity contribution >= 4 is 5.95 Å². The summed E-state index contributed by atoms with van der Waals surface area (Å²) in [4.78, 5) is 28.2. The first-order chi connectivity index (χ1) is 14.1. The van der Waals surface area contributed by atoms with Crippen molar-refractivity contribution in [2.75, 3.05) is 19.0 Å². The average Bonchev–Trinajstić information content (AvgIpc) is 2.72. The minimum atomic E-state index is -0.126. The lowest BCUT2D eigenvalue weighted by Crippen LogP contribution is -2.17. The van der Waals surface area contributed by atoms with Gasteiger partial charge in [0.05, 0.1) is 12.8 Å². The summed E-state index contributed by atoms with van der Waals surface area (Å²) >= 11 is 0. The lowest BCUT2D eigenvalue weighted by Gasteiger charge is -2.08. The maximum atomic E-state index is 12.4. The highest BCUT2D eigenvalue weighted by Crippen LogP contribution is 2.16. The van der Waals surface area contributed by atoms with Crippen LogP contribution in [0.1, 0.15) is 40.9 Å². The van der Waals surface area contributed by atoms with Gasteiger partial charge >= 0.3 is 0 Å². The topological polar surface area (TPSA) is 92.8 Å². The van der Waals surface area contributed by atoms with Gasteiger partial charge < -0.3 is 10.1 Å². The van der Waals surface area contributed by atoms with E-state index in [0.717, 1.165) is 54.1 Å². The monoisotopic (exact) mass is 393 g/mol. The second-order valence-corrected chi connectivity index (χ2v) is 7.05. The van der Waals surface area contributed by atoms with Gasteiger partial charge in [-0.3, -0.25) is 19.7 Å². The summed E-state index contributed by atoms with van der Waals surface area (Å²) in [5.74, 6) is 1.31. The first kappa shape index (κ1) is 20.5. The predicted octanol–water partition coefficient (Wildman–Crippen LogP) is 3.21. The van der Waals surface area contributed by atoms with Crippen molar-refractivity contribution in [2.24, 2.45) is 0 Å². The van der Waals surface area contributed by atoms with E-state index in [1.165, 1.54) is 0 Å². The second-order valence-electron chi connectivity index (χ2n) is 7.05. The van der Waals surface area contributed by atoms with Crippen LogP contribution in [-0.2, 0) is 12.8 Å². The molecule has 3 heterocycles. The molecule has 0 aliphatic heterocycles. The molecule has 7 nitrogen and oxygen atoms in total. The molecular formula is C22H27N5O2. The molecule has 0 aliphatic carbocycles. The number of aromatic nitrogens is 4. The summed E-state index contributed by atoms with van der Waals surface area (Å²) in [5.41, 5.74) is 4.59. The molecule has 3 aromatic rings. The second kappa shape index (κ2) is 9.82. The molecule has 0 unspecified atom stereocenters. The van der Waals surface area contributed by atoms with E-state index in [1.807, 2.05) is 32.2 Å². The van der Waals surface area contributed by atoms with Crippen molar-refractivity contribution in [1.82, 2.24) is 19.9 Å². The Morgan fingerprint density at radius 3 is 2.76 bits per heavy atom. The Morgan fingerprint density at radius 2 is 2.00 bits per heavy atom. The van der Waals surface area contributed by atoms with E-state index >= 15 is 0 Å². The minimum absolute atomic E-state index is 0.126. The van der Waals surface area contributed by atoms with Gasteiger partial charge in [-0.15, -0.1) is 0 Å². The van der Waals surface area contributed by atoms with Gasteiger partial charge in [-0.25, -0.2) is 4.98 Å². The van der Waals surface area contributed by atoms with Crippen molar-refractivity contribution in [1.29, 1.82) is 0 Å². The van der Waals surface area contributed by atoms with Crippen molar-refractivity contribution in [2.45, 2.75) is 39.5 Å². The highest BCUT2D eigenvalue weighted by atomic mass is 16.5. The van der Waals surface area contributed by atoms with Gasteiger partial charge in [-0.2, -0.15) is 0 Å². The minimum Gasteiger partial charge on any atom is -0.495 e. The van der Waals surface area contributed by atoms with Crippen LogP contribution in [0, 0.1) is 13.8 Å². The molecule has 29 heavy (non-hydrogen) atoms. The van der Waals surface area contributed by atoms with E-state index < -0.39 is 0 Å². The third-order valence-electron chi connectivity index (χ3n) is 4.87. The number of nitrogens with one attached hydrogen (secondary N) is 2. The van der Waals surface area contributed by atoms with Gasteiger partial charge in [0.2, 0.25) is 5.95 Å². The standard InChI is InChI=1S/C22H27N5O2/c1-15-11-17(13-25-16(15)2)12-18-14-26-22(27-21(18)28)24-9-5-4-7-19-20(29-3)8-6-10-23-19/h6,8,10-11,13-14H,4-5,7,9,12H2,1-3H3,(H2,24,26,27,28). The largest absolute Gasteiger partial charge is 0.495 e. The number of rotatable bonds is 9.